The van der Waals surface area contributed by atoms with E-state index in [0.717, 1.165) is 25.1 Å². The Morgan fingerprint density at radius 2 is 1.95 bits per heavy atom. The second-order valence-corrected chi connectivity index (χ2v) is 5.16. The number of nitrogens with zero attached hydrogens (tertiary/aromatic N) is 3. The van der Waals surface area contributed by atoms with Gasteiger partial charge in [-0.15, -0.1) is 0 Å². The van der Waals surface area contributed by atoms with E-state index in [4.69, 9.17) is 5.73 Å². The molecule has 2 aromatic rings. The lowest BCUT2D eigenvalue weighted by atomic mass is 10.1. The first-order chi connectivity index (χ1) is 9.08. The fourth-order valence-electron chi connectivity index (χ4n) is 2.35. The van der Waals surface area contributed by atoms with Crippen LogP contribution in [-0.4, -0.2) is 20.8 Å². The Hall–Kier alpha value is -1.68. The van der Waals surface area contributed by atoms with Gasteiger partial charge in [0.1, 0.15) is 0 Å². The highest BCUT2D eigenvalue weighted by Gasteiger charge is 2.12. The molecule has 0 amide bonds. The van der Waals surface area contributed by atoms with Gasteiger partial charge in [0, 0.05) is 30.7 Å². The molecule has 2 heterocycles. The molecule has 1 atom stereocenters. The zero-order valence-electron chi connectivity index (χ0n) is 11.9. The summed E-state index contributed by atoms with van der Waals surface area (Å²) >= 11 is 0. The Kier molecular flexibility index (Phi) is 4.32. The van der Waals surface area contributed by atoms with Gasteiger partial charge in [-0.1, -0.05) is 0 Å². The highest BCUT2D eigenvalue weighted by molar-refractivity contribution is 5.25. The fourth-order valence-corrected chi connectivity index (χ4v) is 2.35. The van der Waals surface area contributed by atoms with E-state index in [1.54, 1.807) is 0 Å². The third-order valence-electron chi connectivity index (χ3n) is 3.42. The van der Waals surface area contributed by atoms with E-state index in [2.05, 4.69) is 40.7 Å². The maximum absolute atomic E-state index is 5.89. The van der Waals surface area contributed by atoms with Crippen LogP contribution in [-0.2, 0) is 19.4 Å². The van der Waals surface area contributed by atoms with E-state index < -0.39 is 0 Å². The second-order valence-electron chi connectivity index (χ2n) is 5.16. The Morgan fingerprint density at radius 3 is 2.58 bits per heavy atom. The molecule has 4 heteroatoms. The maximum Gasteiger partial charge on any atom is 0.0629 e. The molecular formula is C15H22N4. The van der Waals surface area contributed by atoms with E-state index in [0.29, 0.717) is 0 Å². The van der Waals surface area contributed by atoms with Crippen LogP contribution in [0.1, 0.15) is 29.4 Å². The zero-order valence-corrected chi connectivity index (χ0v) is 11.9. The topological polar surface area (TPSA) is 56.7 Å². The van der Waals surface area contributed by atoms with Gasteiger partial charge in [-0.05, 0) is 56.9 Å². The molecule has 0 aliphatic carbocycles. The summed E-state index contributed by atoms with van der Waals surface area (Å²) < 4.78 is 2.09. The summed E-state index contributed by atoms with van der Waals surface area (Å²) in [4.78, 5) is 4.03. The number of aromatic nitrogens is 3. The van der Waals surface area contributed by atoms with Gasteiger partial charge in [0.2, 0.25) is 0 Å². The average Bonchev–Trinajstić information content (AvgIpc) is 2.65. The zero-order chi connectivity index (χ0) is 13.8. The molecular weight excluding hydrogens is 236 g/mol. The summed E-state index contributed by atoms with van der Waals surface area (Å²) in [6.07, 6.45) is 5.53. The van der Waals surface area contributed by atoms with Gasteiger partial charge in [0.05, 0.1) is 5.69 Å². The minimum Gasteiger partial charge on any atom is -0.328 e. The van der Waals surface area contributed by atoms with Crippen molar-refractivity contribution in [3.8, 4) is 0 Å². The first kappa shape index (κ1) is 13.7. The summed E-state index contributed by atoms with van der Waals surface area (Å²) in [7, 11) is 0. The maximum atomic E-state index is 5.89. The third kappa shape index (κ3) is 3.41. The molecule has 1 unspecified atom stereocenters. The molecule has 0 fully saturated rings. The van der Waals surface area contributed by atoms with Gasteiger partial charge < -0.3 is 5.73 Å². The number of nitrogens with two attached hydrogens (primary N) is 1. The SMILES string of the molecule is Cc1nn(CCc2ccncc2)c(C)c1CC(C)N. The van der Waals surface area contributed by atoms with Crippen LogP contribution in [0, 0.1) is 13.8 Å². The number of rotatable bonds is 5. The predicted molar refractivity (Wildman–Crippen MR) is 77.0 cm³/mol. The quantitative estimate of drug-likeness (QED) is 0.892. The summed E-state index contributed by atoms with van der Waals surface area (Å²) in [5.41, 5.74) is 10.8. The van der Waals surface area contributed by atoms with Crippen LogP contribution in [0.2, 0.25) is 0 Å². The first-order valence-electron chi connectivity index (χ1n) is 6.75. The lowest BCUT2D eigenvalue weighted by molar-refractivity contribution is 0.592. The normalized spacial score (nSPS) is 12.6. The van der Waals surface area contributed by atoms with Crippen molar-refractivity contribution in [1.82, 2.24) is 14.8 Å². The number of hydrogen-bond acceptors (Lipinski definition) is 3. The van der Waals surface area contributed by atoms with Crippen molar-refractivity contribution in [2.75, 3.05) is 0 Å². The van der Waals surface area contributed by atoms with Crippen molar-refractivity contribution >= 4 is 0 Å². The van der Waals surface area contributed by atoms with Gasteiger partial charge in [0.15, 0.2) is 0 Å². The Morgan fingerprint density at radius 1 is 1.26 bits per heavy atom. The lowest BCUT2D eigenvalue weighted by Gasteiger charge is -2.07. The fraction of sp³-hybridized carbons (Fsp3) is 0.467. The number of pyridine rings is 1. The van der Waals surface area contributed by atoms with Crippen molar-refractivity contribution in [3.63, 3.8) is 0 Å². The molecule has 19 heavy (non-hydrogen) atoms. The smallest absolute Gasteiger partial charge is 0.0629 e. The van der Waals surface area contributed by atoms with E-state index in [1.807, 2.05) is 19.3 Å². The van der Waals surface area contributed by atoms with Crippen LogP contribution in [0.15, 0.2) is 24.5 Å². The standard InChI is InChI=1S/C15H22N4/c1-11(16)10-15-12(2)18-19(13(15)3)9-6-14-4-7-17-8-5-14/h4-5,7-8,11H,6,9-10,16H2,1-3H3. The van der Waals surface area contributed by atoms with Crippen LogP contribution in [0.3, 0.4) is 0 Å². The molecule has 0 saturated heterocycles. The average molecular weight is 258 g/mol. The molecule has 0 bridgehead atoms. The van der Waals surface area contributed by atoms with Crippen LogP contribution in [0.5, 0.6) is 0 Å². The molecule has 0 aromatic carbocycles. The Labute approximate surface area is 114 Å². The van der Waals surface area contributed by atoms with Gasteiger partial charge in [-0.2, -0.15) is 5.10 Å². The Bertz CT molecular complexity index is 529. The van der Waals surface area contributed by atoms with Crippen molar-refractivity contribution in [3.05, 3.63) is 47.0 Å². The molecule has 0 spiro atoms. The molecule has 0 aliphatic heterocycles. The van der Waals surface area contributed by atoms with E-state index in [9.17, 15) is 0 Å². The molecule has 2 rings (SSSR count). The lowest BCUT2D eigenvalue weighted by Crippen LogP contribution is -2.18. The van der Waals surface area contributed by atoms with E-state index >= 15 is 0 Å². The first-order valence-corrected chi connectivity index (χ1v) is 6.75. The summed E-state index contributed by atoms with van der Waals surface area (Å²) in [6, 6.07) is 4.28. The number of hydrogen-bond donors (Lipinski definition) is 1. The van der Waals surface area contributed by atoms with Crippen molar-refractivity contribution in [2.24, 2.45) is 5.73 Å². The van der Waals surface area contributed by atoms with Crippen molar-refractivity contribution in [2.45, 2.75) is 46.2 Å². The largest absolute Gasteiger partial charge is 0.328 e. The van der Waals surface area contributed by atoms with Gasteiger partial charge in [0.25, 0.3) is 0 Å². The van der Waals surface area contributed by atoms with Crippen LogP contribution in [0.25, 0.3) is 0 Å². The Balaban J connectivity index is 2.09. The van der Waals surface area contributed by atoms with Crippen LogP contribution < -0.4 is 5.73 Å². The molecule has 2 N–H and O–H groups in total. The molecule has 0 saturated carbocycles. The van der Waals surface area contributed by atoms with Gasteiger partial charge in [-0.25, -0.2) is 0 Å². The molecule has 2 aromatic heterocycles. The number of aryl methyl sites for hydroxylation is 3. The summed E-state index contributed by atoms with van der Waals surface area (Å²) in [5.74, 6) is 0. The van der Waals surface area contributed by atoms with Crippen molar-refractivity contribution in [1.29, 1.82) is 0 Å². The molecule has 4 nitrogen and oxygen atoms in total. The second kappa shape index (κ2) is 5.97. The van der Waals surface area contributed by atoms with Crippen molar-refractivity contribution < 1.29 is 0 Å². The van der Waals surface area contributed by atoms with Gasteiger partial charge in [-0.3, -0.25) is 9.67 Å². The van der Waals surface area contributed by atoms with Gasteiger partial charge >= 0.3 is 0 Å². The molecule has 0 radical (unpaired) electrons. The minimum atomic E-state index is 0.176. The summed E-state index contributed by atoms with van der Waals surface area (Å²) in [6.45, 7) is 7.13. The van der Waals surface area contributed by atoms with E-state index in [1.165, 1.54) is 16.8 Å². The monoisotopic (exact) mass is 258 g/mol. The molecule has 102 valence electrons. The highest BCUT2D eigenvalue weighted by Crippen LogP contribution is 2.15. The van der Waals surface area contributed by atoms with Crippen LogP contribution in [0.4, 0.5) is 0 Å². The highest BCUT2D eigenvalue weighted by atomic mass is 15.3. The molecule has 0 aliphatic rings. The van der Waals surface area contributed by atoms with Crippen LogP contribution >= 0.6 is 0 Å². The van der Waals surface area contributed by atoms with E-state index in [-0.39, 0.29) is 6.04 Å². The predicted octanol–water partition coefficient (Wildman–Crippen LogP) is 2.03. The minimum absolute atomic E-state index is 0.176. The third-order valence-corrected chi connectivity index (χ3v) is 3.42. The summed E-state index contributed by atoms with van der Waals surface area (Å²) in [5, 5.41) is 4.62.